The van der Waals surface area contributed by atoms with E-state index >= 15 is 0 Å². The SMILES string of the molecule is CC1(C)CCCC(C)(C)N1CC(O)COCC1CC2CCC1C2.Cl. The maximum atomic E-state index is 10.5. The van der Waals surface area contributed by atoms with Gasteiger partial charge in [-0.15, -0.1) is 12.4 Å². The molecule has 1 saturated heterocycles. The third kappa shape index (κ3) is 4.47. The molecule has 2 bridgehead atoms. The lowest BCUT2D eigenvalue weighted by Crippen LogP contribution is -2.60. The Bertz CT molecular complexity index is 396. The summed E-state index contributed by atoms with van der Waals surface area (Å²) in [6.07, 6.45) is 9.02. The van der Waals surface area contributed by atoms with Gasteiger partial charge in [0, 0.05) is 24.2 Å². The number of β-amino-alcohol motifs (C(OH)–C–C–N with tert-alkyl or cyclic N) is 1. The molecule has 3 nitrogen and oxygen atoms in total. The van der Waals surface area contributed by atoms with Gasteiger partial charge in [-0.3, -0.25) is 4.90 Å². The average molecular weight is 360 g/mol. The number of hydrogen-bond acceptors (Lipinski definition) is 3. The minimum Gasteiger partial charge on any atom is -0.389 e. The molecule has 0 amide bonds. The molecular weight excluding hydrogens is 322 g/mol. The fourth-order valence-electron chi connectivity index (χ4n) is 5.74. The zero-order chi connectivity index (χ0) is 16.7. The lowest BCUT2D eigenvalue weighted by molar-refractivity contribution is -0.0731. The summed E-state index contributed by atoms with van der Waals surface area (Å²) in [5.74, 6) is 2.66. The topological polar surface area (TPSA) is 32.7 Å². The smallest absolute Gasteiger partial charge is 0.0900 e. The molecule has 1 aliphatic heterocycles. The van der Waals surface area contributed by atoms with Crippen LogP contribution in [0.3, 0.4) is 0 Å². The lowest BCUT2D eigenvalue weighted by Gasteiger charge is -2.53. The number of likely N-dealkylation sites (tertiary alicyclic amines) is 1. The molecule has 3 fully saturated rings. The molecule has 2 aliphatic carbocycles. The molecule has 1 N–H and O–H groups in total. The molecular formula is C20H38ClNO2. The standard InChI is InChI=1S/C20H37NO2.ClH/c1-19(2)8-5-9-20(3,4)21(19)12-18(22)14-23-13-17-11-15-6-7-16(17)10-15;/h15-18,22H,5-14H2,1-4H3;1H. The van der Waals surface area contributed by atoms with E-state index < -0.39 is 0 Å². The quantitative estimate of drug-likeness (QED) is 0.768. The second-order valence-electron chi connectivity index (χ2n) is 9.72. The third-order valence-corrected chi connectivity index (χ3v) is 6.96. The molecule has 0 aromatic rings. The number of piperidine rings is 1. The van der Waals surface area contributed by atoms with Crippen LogP contribution in [-0.2, 0) is 4.74 Å². The molecule has 3 rings (SSSR count). The minimum atomic E-state index is -0.370. The molecule has 4 heteroatoms. The normalized spacial score (nSPS) is 35.6. The Kier molecular flexibility index (Phi) is 6.67. The van der Waals surface area contributed by atoms with Crippen LogP contribution in [0.25, 0.3) is 0 Å². The van der Waals surface area contributed by atoms with Crippen molar-refractivity contribution in [3.8, 4) is 0 Å². The van der Waals surface area contributed by atoms with E-state index in [-0.39, 0.29) is 29.6 Å². The van der Waals surface area contributed by atoms with Crippen LogP contribution >= 0.6 is 12.4 Å². The molecule has 0 aromatic heterocycles. The van der Waals surface area contributed by atoms with Crippen LogP contribution < -0.4 is 0 Å². The average Bonchev–Trinajstić information content (AvgIpc) is 3.05. The van der Waals surface area contributed by atoms with Crippen molar-refractivity contribution in [2.75, 3.05) is 19.8 Å². The summed E-state index contributed by atoms with van der Waals surface area (Å²) in [5, 5.41) is 10.5. The second kappa shape index (κ2) is 7.82. The Labute approximate surface area is 154 Å². The van der Waals surface area contributed by atoms with E-state index in [0.717, 1.165) is 30.9 Å². The van der Waals surface area contributed by atoms with Gasteiger partial charge in [0.05, 0.1) is 12.7 Å². The highest BCUT2D eigenvalue weighted by molar-refractivity contribution is 5.85. The Morgan fingerprint density at radius 2 is 1.75 bits per heavy atom. The first-order valence-corrected chi connectivity index (χ1v) is 9.81. The van der Waals surface area contributed by atoms with Crippen molar-refractivity contribution in [1.82, 2.24) is 4.90 Å². The maximum Gasteiger partial charge on any atom is 0.0900 e. The van der Waals surface area contributed by atoms with Crippen molar-refractivity contribution < 1.29 is 9.84 Å². The van der Waals surface area contributed by atoms with Crippen LogP contribution in [0.1, 0.15) is 72.6 Å². The van der Waals surface area contributed by atoms with Gasteiger partial charge in [0.25, 0.3) is 0 Å². The predicted molar refractivity (Wildman–Crippen MR) is 102 cm³/mol. The summed E-state index contributed by atoms with van der Waals surface area (Å²) in [6, 6.07) is 0. The van der Waals surface area contributed by atoms with Crippen LogP contribution in [0.4, 0.5) is 0 Å². The molecule has 24 heavy (non-hydrogen) atoms. The highest BCUT2D eigenvalue weighted by Gasteiger charge is 2.42. The number of halogens is 1. The maximum absolute atomic E-state index is 10.5. The number of ether oxygens (including phenoxy) is 1. The molecule has 4 unspecified atom stereocenters. The van der Waals surface area contributed by atoms with Crippen molar-refractivity contribution in [3.63, 3.8) is 0 Å². The van der Waals surface area contributed by atoms with Crippen LogP contribution in [0.5, 0.6) is 0 Å². The fraction of sp³-hybridized carbons (Fsp3) is 1.00. The van der Waals surface area contributed by atoms with Gasteiger partial charge < -0.3 is 9.84 Å². The highest BCUT2D eigenvalue weighted by Crippen LogP contribution is 2.48. The summed E-state index contributed by atoms with van der Waals surface area (Å²) in [7, 11) is 0. The van der Waals surface area contributed by atoms with Crippen LogP contribution in [0.15, 0.2) is 0 Å². The summed E-state index contributed by atoms with van der Waals surface area (Å²) in [4.78, 5) is 2.51. The van der Waals surface area contributed by atoms with Gasteiger partial charge in [-0.2, -0.15) is 0 Å². The van der Waals surface area contributed by atoms with E-state index in [2.05, 4.69) is 32.6 Å². The van der Waals surface area contributed by atoms with Gasteiger partial charge in [-0.1, -0.05) is 6.42 Å². The van der Waals surface area contributed by atoms with Crippen LogP contribution in [0.2, 0.25) is 0 Å². The van der Waals surface area contributed by atoms with E-state index in [1.165, 1.54) is 44.9 Å². The fourth-order valence-corrected chi connectivity index (χ4v) is 5.74. The number of fused-ring (bicyclic) bond motifs is 2. The van der Waals surface area contributed by atoms with Gasteiger partial charge >= 0.3 is 0 Å². The number of aliphatic hydroxyl groups excluding tert-OH is 1. The van der Waals surface area contributed by atoms with E-state index in [0.29, 0.717) is 6.61 Å². The van der Waals surface area contributed by atoms with E-state index in [1.54, 1.807) is 0 Å². The second-order valence-corrected chi connectivity index (χ2v) is 9.72. The van der Waals surface area contributed by atoms with Crippen LogP contribution in [-0.4, -0.2) is 46.9 Å². The van der Waals surface area contributed by atoms with Crippen molar-refractivity contribution in [1.29, 1.82) is 0 Å². The molecule has 1 heterocycles. The summed E-state index contributed by atoms with van der Waals surface area (Å²) in [5.41, 5.74) is 0.348. The summed E-state index contributed by atoms with van der Waals surface area (Å²) >= 11 is 0. The monoisotopic (exact) mass is 359 g/mol. The van der Waals surface area contributed by atoms with Crippen molar-refractivity contribution in [2.24, 2.45) is 17.8 Å². The number of rotatable bonds is 6. The Hall–Kier alpha value is 0.170. The van der Waals surface area contributed by atoms with Gasteiger partial charge in [-0.05, 0) is 84.0 Å². The molecule has 4 atom stereocenters. The lowest BCUT2D eigenvalue weighted by atomic mass is 9.79. The minimum absolute atomic E-state index is 0. The van der Waals surface area contributed by atoms with E-state index in [1.807, 2.05) is 0 Å². The molecule has 2 saturated carbocycles. The van der Waals surface area contributed by atoms with Gasteiger partial charge in [0.2, 0.25) is 0 Å². The van der Waals surface area contributed by atoms with Crippen molar-refractivity contribution in [2.45, 2.75) is 89.8 Å². The van der Waals surface area contributed by atoms with Gasteiger partial charge in [0.15, 0.2) is 0 Å². The molecule has 0 spiro atoms. The molecule has 0 aromatic carbocycles. The van der Waals surface area contributed by atoms with E-state index in [9.17, 15) is 5.11 Å². The number of aliphatic hydroxyl groups is 1. The first kappa shape index (κ1) is 20.5. The van der Waals surface area contributed by atoms with Gasteiger partial charge in [-0.25, -0.2) is 0 Å². The summed E-state index contributed by atoms with van der Waals surface area (Å²) in [6.45, 7) is 11.4. The third-order valence-electron chi connectivity index (χ3n) is 6.96. The largest absolute Gasteiger partial charge is 0.389 e. The molecule has 3 aliphatic rings. The van der Waals surface area contributed by atoms with E-state index in [4.69, 9.17) is 4.74 Å². The zero-order valence-corrected chi connectivity index (χ0v) is 16.9. The summed E-state index contributed by atoms with van der Waals surface area (Å²) < 4.78 is 5.93. The predicted octanol–water partition coefficient (Wildman–Crippen LogP) is 4.27. The Balaban J connectivity index is 0.00000208. The van der Waals surface area contributed by atoms with Gasteiger partial charge in [0.1, 0.15) is 0 Å². The first-order chi connectivity index (χ1) is 10.8. The van der Waals surface area contributed by atoms with Crippen molar-refractivity contribution in [3.05, 3.63) is 0 Å². The number of hydrogen-bond donors (Lipinski definition) is 1. The van der Waals surface area contributed by atoms with Crippen molar-refractivity contribution >= 4 is 12.4 Å². The number of nitrogens with zero attached hydrogens (tertiary/aromatic N) is 1. The zero-order valence-electron chi connectivity index (χ0n) is 16.1. The first-order valence-electron chi connectivity index (χ1n) is 9.81. The Morgan fingerprint density at radius 1 is 1.08 bits per heavy atom. The Morgan fingerprint density at radius 3 is 2.29 bits per heavy atom. The molecule has 142 valence electrons. The van der Waals surface area contributed by atoms with Crippen LogP contribution in [0, 0.1) is 17.8 Å². The highest BCUT2D eigenvalue weighted by atomic mass is 35.5. The molecule has 0 radical (unpaired) electrons.